The zero-order valence-corrected chi connectivity index (χ0v) is 25.3. The van der Waals surface area contributed by atoms with Crippen LogP contribution in [0, 0.1) is 3.57 Å². The zero-order valence-electron chi connectivity index (χ0n) is 22.4. The van der Waals surface area contributed by atoms with Gasteiger partial charge in [0.1, 0.15) is 6.61 Å². The Hall–Kier alpha value is -2.36. The van der Waals surface area contributed by atoms with Crippen molar-refractivity contribution in [2.45, 2.75) is 57.5 Å². The molecule has 0 unspecified atom stereocenters. The Morgan fingerprint density at radius 2 is 1.64 bits per heavy atom. The molecule has 0 fully saturated rings. The minimum Gasteiger partial charge on any atom is -0.493 e. The molecule has 39 heavy (non-hydrogen) atoms. The maximum absolute atomic E-state index is 13.6. The summed E-state index contributed by atoms with van der Waals surface area (Å²) in [4.78, 5) is 29.4. The number of hydrogen-bond acceptors (Lipinski definition) is 6. The fraction of sp³-hybridized carbons (Fsp3) is 0.419. The van der Waals surface area contributed by atoms with Gasteiger partial charge in [-0.3, -0.25) is 9.59 Å². The van der Waals surface area contributed by atoms with E-state index in [1.807, 2.05) is 36.4 Å². The van der Waals surface area contributed by atoms with Gasteiger partial charge in [0.05, 0.1) is 10.7 Å². The monoisotopic (exact) mass is 661 g/mol. The van der Waals surface area contributed by atoms with Gasteiger partial charge in [0, 0.05) is 72.1 Å². The molecule has 1 heterocycles. The van der Waals surface area contributed by atoms with Crippen LogP contribution < -0.4 is 9.47 Å². The largest absolute Gasteiger partial charge is 0.493 e. The van der Waals surface area contributed by atoms with Crippen LogP contribution in [0.3, 0.4) is 0 Å². The molecule has 0 aromatic heterocycles. The summed E-state index contributed by atoms with van der Waals surface area (Å²) in [6.45, 7) is 1.68. The first-order valence-electron chi connectivity index (χ1n) is 13.5. The third-order valence-electron chi connectivity index (χ3n) is 7.73. The Balaban J connectivity index is 1.58. The molecule has 0 bridgehead atoms. The second-order valence-corrected chi connectivity index (χ2v) is 11.7. The van der Waals surface area contributed by atoms with E-state index in [0.29, 0.717) is 42.6 Å². The number of benzene rings is 2. The normalized spacial score (nSPS) is 17.9. The van der Waals surface area contributed by atoms with Gasteiger partial charge in [-0.2, -0.15) is 0 Å². The van der Waals surface area contributed by atoms with E-state index in [2.05, 4.69) is 27.5 Å². The van der Waals surface area contributed by atoms with Crippen molar-refractivity contribution in [1.29, 1.82) is 0 Å². The molecule has 6 nitrogen and oxygen atoms in total. The summed E-state index contributed by atoms with van der Waals surface area (Å²) in [6.07, 6.45) is 5.18. The lowest BCUT2D eigenvalue weighted by molar-refractivity contribution is -0.117. The maximum Gasteiger partial charge on any atom is 0.174 e. The van der Waals surface area contributed by atoms with Crippen LogP contribution >= 0.6 is 34.2 Å². The minimum absolute atomic E-state index is 0.135. The van der Waals surface area contributed by atoms with Gasteiger partial charge in [0.15, 0.2) is 23.1 Å². The van der Waals surface area contributed by atoms with Gasteiger partial charge in [-0.15, -0.1) is 0 Å². The first-order chi connectivity index (χ1) is 18.9. The van der Waals surface area contributed by atoms with E-state index < -0.39 is 5.92 Å². The van der Waals surface area contributed by atoms with Gasteiger partial charge < -0.3 is 19.1 Å². The second-order valence-electron chi connectivity index (χ2n) is 10.1. The first-order valence-corrected chi connectivity index (χ1v) is 14.9. The summed E-state index contributed by atoms with van der Waals surface area (Å²) in [5.41, 5.74) is 5.48. The highest BCUT2D eigenvalue weighted by atomic mass is 127. The third kappa shape index (κ3) is 5.63. The van der Waals surface area contributed by atoms with Gasteiger partial charge in [0.2, 0.25) is 0 Å². The lowest BCUT2D eigenvalue weighted by atomic mass is 9.71. The number of ether oxygens (including phenoxy) is 3. The van der Waals surface area contributed by atoms with Gasteiger partial charge in [-0.25, -0.2) is 0 Å². The van der Waals surface area contributed by atoms with Crippen LogP contribution in [0.15, 0.2) is 58.9 Å². The number of hydrogen-bond donors (Lipinski definition) is 0. The van der Waals surface area contributed by atoms with Crippen molar-refractivity contribution in [3.63, 3.8) is 0 Å². The highest BCUT2D eigenvalue weighted by Crippen LogP contribution is 2.50. The van der Waals surface area contributed by atoms with E-state index in [1.165, 1.54) is 0 Å². The van der Waals surface area contributed by atoms with Crippen molar-refractivity contribution < 1.29 is 23.8 Å². The number of rotatable bonds is 9. The Morgan fingerprint density at radius 1 is 0.974 bits per heavy atom. The van der Waals surface area contributed by atoms with Gasteiger partial charge >= 0.3 is 0 Å². The lowest BCUT2D eigenvalue weighted by Gasteiger charge is -2.44. The summed E-state index contributed by atoms with van der Waals surface area (Å²) >= 11 is 8.59. The average Bonchev–Trinajstić information content (AvgIpc) is 2.93. The van der Waals surface area contributed by atoms with Crippen LogP contribution in [0.1, 0.15) is 62.0 Å². The molecule has 0 saturated carbocycles. The summed E-state index contributed by atoms with van der Waals surface area (Å²) in [5.74, 6) is 1.07. The van der Waals surface area contributed by atoms with E-state index in [9.17, 15) is 9.59 Å². The molecule has 0 saturated heterocycles. The number of carbonyl (C=O) groups is 2. The number of Topliss-reactive ketones (excluding diaryl/α,β-unsaturated/α-hetero) is 2. The number of ketones is 2. The summed E-state index contributed by atoms with van der Waals surface area (Å²) in [5, 5.41) is 0.644. The third-order valence-corrected chi connectivity index (χ3v) is 8.90. The molecule has 0 radical (unpaired) electrons. The molecule has 2 aliphatic carbocycles. The molecule has 0 N–H and O–H groups in total. The highest BCUT2D eigenvalue weighted by molar-refractivity contribution is 14.1. The van der Waals surface area contributed by atoms with E-state index in [4.69, 9.17) is 25.8 Å². The first kappa shape index (κ1) is 28.2. The molecule has 5 rings (SSSR count). The maximum atomic E-state index is 13.6. The zero-order chi connectivity index (χ0) is 27.5. The number of halogens is 2. The number of allylic oxidation sites excluding steroid dienone is 4. The molecule has 1 aliphatic heterocycles. The van der Waals surface area contributed by atoms with E-state index in [1.54, 1.807) is 14.2 Å². The van der Waals surface area contributed by atoms with Crippen LogP contribution in [0.2, 0.25) is 5.02 Å². The SMILES string of the molecule is COCCCN1C2=C(C(=O)CCC2)C(c2cc(I)c(OCc3ccccc3Cl)c(OC)c2)C2=C1CCCC2=O. The molecular formula is C31H33ClINO5. The van der Waals surface area contributed by atoms with Crippen molar-refractivity contribution in [2.75, 3.05) is 27.4 Å². The van der Waals surface area contributed by atoms with Crippen LogP contribution in [0.4, 0.5) is 0 Å². The van der Waals surface area contributed by atoms with Gasteiger partial charge in [-0.1, -0.05) is 29.8 Å². The van der Waals surface area contributed by atoms with E-state index in [-0.39, 0.29) is 11.6 Å². The molecule has 0 atom stereocenters. The minimum atomic E-state index is -0.394. The van der Waals surface area contributed by atoms with Gasteiger partial charge in [-0.05, 0) is 78.5 Å². The molecule has 8 heteroatoms. The number of carbonyl (C=O) groups excluding carboxylic acids is 2. The van der Waals surface area contributed by atoms with Crippen molar-refractivity contribution in [1.82, 2.24) is 4.90 Å². The molecule has 3 aliphatic rings. The molecule has 206 valence electrons. The molecule has 2 aromatic carbocycles. The van der Waals surface area contributed by atoms with Crippen molar-refractivity contribution in [3.8, 4) is 11.5 Å². The van der Waals surface area contributed by atoms with Crippen LogP contribution in [-0.2, 0) is 20.9 Å². The molecule has 0 spiro atoms. The average molecular weight is 662 g/mol. The van der Waals surface area contributed by atoms with Crippen molar-refractivity contribution in [3.05, 3.63) is 78.7 Å². The second kappa shape index (κ2) is 12.4. The Kier molecular flexibility index (Phi) is 8.99. The number of methoxy groups -OCH3 is 2. The van der Waals surface area contributed by atoms with E-state index >= 15 is 0 Å². The Labute approximate surface area is 248 Å². The van der Waals surface area contributed by atoms with Crippen LogP contribution in [-0.4, -0.2) is 43.8 Å². The Morgan fingerprint density at radius 3 is 2.26 bits per heavy atom. The van der Waals surface area contributed by atoms with Crippen LogP contribution in [0.25, 0.3) is 0 Å². The summed E-state index contributed by atoms with van der Waals surface area (Å²) in [6, 6.07) is 11.6. The number of nitrogens with zero attached hydrogens (tertiary/aromatic N) is 1. The fourth-order valence-electron chi connectivity index (χ4n) is 6.00. The fourth-order valence-corrected chi connectivity index (χ4v) is 6.97. The predicted molar refractivity (Wildman–Crippen MR) is 159 cm³/mol. The van der Waals surface area contributed by atoms with Crippen molar-refractivity contribution >= 4 is 45.8 Å². The molecule has 0 amide bonds. The summed E-state index contributed by atoms with van der Waals surface area (Å²) in [7, 11) is 3.32. The van der Waals surface area contributed by atoms with E-state index in [0.717, 1.165) is 75.9 Å². The highest BCUT2D eigenvalue weighted by Gasteiger charge is 2.43. The smallest absolute Gasteiger partial charge is 0.174 e. The summed E-state index contributed by atoms with van der Waals surface area (Å²) < 4.78 is 18.2. The molecular weight excluding hydrogens is 629 g/mol. The van der Waals surface area contributed by atoms with Crippen molar-refractivity contribution in [2.24, 2.45) is 0 Å². The molecule has 2 aromatic rings. The van der Waals surface area contributed by atoms with Crippen LogP contribution in [0.5, 0.6) is 11.5 Å². The quantitative estimate of drug-likeness (QED) is 0.214. The predicted octanol–water partition coefficient (Wildman–Crippen LogP) is 6.98. The Bertz CT molecular complexity index is 1310. The van der Waals surface area contributed by atoms with Gasteiger partial charge in [0.25, 0.3) is 0 Å². The lowest BCUT2D eigenvalue weighted by Crippen LogP contribution is -2.39. The standard InChI is InChI=1S/C31H33ClINO5/c1-37-15-7-14-34-23-10-5-12-25(35)29(23)28(30-24(34)11-6-13-26(30)36)20-16-22(33)31(27(17-20)38-2)39-18-19-8-3-4-9-21(19)32/h3-4,8-9,16-17,28H,5-7,10-15,18H2,1-2H3. The topological polar surface area (TPSA) is 65.1 Å².